The number of rotatable bonds is 3. The lowest BCUT2D eigenvalue weighted by Gasteiger charge is -2.13. The van der Waals surface area contributed by atoms with Gasteiger partial charge in [-0.3, -0.25) is 9.59 Å². The second-order valence-electron chi connectivity index (χ2n) is 3.30. The van der Waals surface area contributed by atoms with Gasteiger partial charge in [0.25, 0.3) is 0 Å². The molecular weight excluding hydrogens is 172 g/mol. The van der Waals surface area contributed by atoms with Gasteiger partial charge in [-0.15, -0.1) is 0 Å². The van der Waals surface area contributed by atoms with Gasteiger partial charge >= 0.3 is 0 Å². The molecule has 2 amide bonds. The number of hydrogen-bond donors (Lipinski definition) is 3. The molecule has 0 aromatic rings. The molecule has 1 saturated heterocycles. The third kappa shape index (κ3) is 2.69. The molecule has 3 N–H and O–H groups in total. The van der Waals surface area contributed by atoms with Gasteiger partial charge in [0, 0.05) is 19.0 Å². The highest BCUT2D eigenvalue weighted by molar-refractivity contribution is 5.89. The number of amides is 2. The van der Waals surface area contributed by atoms with Crippen molar-refractivity contribution in [3.63, 3.8) is 0 Å². The molecule has 5 nitrogen and oxygen atoms in total. The maximum atomic E-state index is 11.3. The third-order valence-corrected chi connectivity index (χ3v) is 2.01. The number of aliphatic hydroxyl groups excluding tert-OH is 1. The summed E-state index contributed by atoms with van der Waals surface area (Å²) in [7, 11) is 0. The zero-order valence-electron chi connectivity index (χ0n) is 7.54. The molecular formula is C8H14N2O3. The van der Waals surface area contributed by atoms with Gasteiger partial charge in [-0.25, -0.2) is 0 Å². The van der Waals surface area contributed by atoms with Gasteiger partial charge < -0.3 is 15.7 Å². The Morgan fingerprint density at radius 1 is 1.85 bits per heavy atom. The largest absolute Gasteiger partial charge is 0.394 e. The van der Waals surface area contributed by atoms with Crippen LogP contribution < -0.4 is 10.6 Å². The van der Waals surface area contributed by atoms with Crippen LogP contribution in [0.3, 0.4) is 0 Å². The molecule has 1 fully saturated rings. The average molecular weight is 186 g/mol. The molecule has 1 unspecified atom stereocenters. The fraction of sp³-hybridized carbons (Fsp3) is 0.750. The highest BCUT2D eigenvalue weighted by atomic mass is 16.3. The first kappa shape index (κ1) is 9.98. The summed E-state index contributed by atoms with van der Waals surface area (Å²) >= 11 is 0. The molecule has 5 heteroatoms. The Labute approximate surface area is 76.5 Å². The van der Waals surface area contributed by atoms with E-state index in [1.807, 2.05) is 0 Å². The average Bonchev–Trinajstić information content (AvgIpc) is 2.51. The molecule has 2 atom stereocenters. The smallest absolute Gasteiger partial charge is 0.225 e. The molecule has 13 heavy (non-hydrogen) atoms. The van der Waals surface area contributed by atoms with Crippen LogP contribution in [0.4, 0.5) is 0 Å². The standard InChI is InChI=1S/C8H14N2O3/c1-5(4-11)10-8(13)6-2-7(12)9-3-6/h5-6,11H,2-4H2,1H3,(H,9,12)(H,10,13)/t5-,6?/m1/s1. The first-order valence-corrected chi connectivity index (χ1v) is 4.31. The topological polar surface area (TPSA) is 78.4 Å². The van der Waals surface area contributed by atoms with Crippen molar-refractivity contribution < 1.29 is 14.7 Å². The highest BCUT2D eigenvalue weighted by Crippen LogP contribution is 2.08. The lowest BCUT2D eigenvalue weighted by molar-refractivity contribution is -0.127. The van der Waals surface area contributed by atoms with Crippen molar-refractivity contribution >= 4 is 11.8 Å². The molecule has 1 aliphatic heterocycles. The van der Waals surface area contributed by atoms with E-state index in [0.717, 1.165) is 0 Å². The van der Waals surface area contributed by atoms with Crippen LogP contribution in [0.2, 0.25) is 0 Å². The number of hydrogen-bond acceptors (Lipinski definition) is 3. The van der Waals surface area contributed by atoms with Gasteiger partial charge in [0.05, 0.1) is 12.5 Å². The molecule has 74 valence electrons. The summed E-state index contributed by atoms with van der Waals surface area (Å²) < 4.78 is 0. The SMILES string of the molecule is C[C@H](CO)NC(=O)C1CNC(=O)C1. The van der Waals surface area contributed by atoms with Gasteiger partial charge in [0.2, 0.25) is 11.8 Å². The Bertz CT molecular complexity index is 217. The van der Waals surface area contributed by atoms with E-state index in [1.165, 1.54) is 0 Å². The summed E-state index contributed by atoms with van der Waals surface area (Å²) in [4.78, 5) is 22.1. The molecule has 0 bridgehead atoms. The number of nitrogens with one attached hydrogen (secondary N) is 2. The van der Waals surface area contributed by atoms with Gasteiger partial charge in [0.1, 0.15) is 0 Å². The summed E-state index contributed by atoms with van der Waals surface area (Å²) in [5.74, 6) is -0.529. The summed E-state index contributed by atoms with van der Waals surface area (Å²) in [5.41, 5.74) is 0. The van der Waals surface area contributed by atoms with Gasteiger partial charge in [-0.05, 0) is 6.92 Å². The van der Waals surface area contributed by atoms with E-state index in [1.54, 1.807) is 6.92 Å². The predicted octanol–water partition coefficient (Wildman–Crippen LogP) is -1.38. The summed E-state index contributed by atoms with van der Waals surface area (Å²) in [6.07, 6.45) is 0.254. The normalized spacial score (nSPS) is 23.8. The molecule has 0 saturated carbocycles. The Morgan fingerprint density at radius 2 is 2.54 bits per heavy atom. The van der Waals surface area contributed by atoms with Crippen molar-refractivity contribution in [1.82, 2.24) is 10.6 Å². The molecule has 1 aliphatic rings. The van der Waals surface area contributed by atoms with E-state index < -0.39 is 0 Å². The Kier molecular flexibility index (Phi) is 3.25. The van der Waals surface area contributed by atoms with Crippen LogP contribution in [0.15, 0.2) is 0 Å². The van der Waals surface area contributed by atoms with E-state index in [9.17, 15) is 9.59 Å². The van der Waals surface area contributed by atoms with Crippen LogP contribution >= 0.6 is 0 Å². The fourth-order valence-electron chi connectivity index (χ4n) is 1.20. The lowest BCUT2D eigenvalue weighted by Crippen LogP contribution is -2.39. The van der Waals surface area contributed by atoms with Gasteiger partial charge in [-0.2, -0.15) is 0 Å². The van der Waals surface area contributed by atoms with Crippen LogP contribution in [0.25, 0.3) is 0 Å². The van der Waals surface area contributed by atoms with Crippen molar-refractivity contribution in [2.45, 2.75) is 19.4 Å². The third-order valence-electron chi connectivity index (χ3n) is 2.01. The maximum absolute atomic E-state index is 11.3. The summed E-state index contributed by atoms with van der Waals surface area (Å²) in [5, 5.41) is 13.9. The van der Waals surface area contributed by atoms with E-state index in [4.69, 9.17) is 5.11 Å². The maximum Gasteiger partial charge on any atom is 0.225 e. The molecule has 0 aliphatic carbocycles. The van der Waals surface area contributed by atoms with E-state index in [2.05, 4.69) is 10.6 Å². The number of aliphatic hydroxyl groups is 1. The summed E-state index contributed by atoms with van der Waals surface area (Å²) in [6, 6.07) is -0.247. The molecule has 0 radical (unpaired) electrons. The highest BCUT2D eigenvalue weighted by Gasteiger charge is 2.28. The van der Waals surface area contributed by atoms with Crippen molar-refractivity contribution in [3.8, 4) is 0 Å². The second-order valence-corrected chi connectivity index (χ2v) is 3.30. The quantitative estimate of drug-likeness (QED) is 0.508. The molecule has 1 rings (SSSR count). The van der Waals surface area contributed by atoms with E-state index in [0.29, 0.717) is 6.54 Å². The first-order valence-electron chi connectivity index (χ1n) is 4.31. The minimum atomic E-state index is -0.276. The minimum absolute atomic E-state index is 0.0835. The Morgan fingerprint density at radius 3 is 3.00 bits per heavy atom. The van der Waals surface area contributed by atoms with Crippen LogP contribution in [0.5, 0.6) is 0 Å². The monoisotopic (exact) mass is 186 g/mol. The minimum Gasteiger partial charge on any atom is -0.394 e. The van der Waals surface area contributed by atoms with Gasteiger partial charge in [0.15, 0.2) is 0 Å². The Balaban J connectivity index is 2.35. The molecule has 0 spiro atoms. The molecule has 1 heterocycles. The first-order chi connectivity index (χ1) is 6.13. The number of carbonyl (C=O) groups is 2. The van der Waals surface area contributed by atoms with Gasteiger partial charge in [-0.1, -0.05) is 0 Å². The van der Waals surface area contributed by atoms with E-state index in [-0.39, 0.29) is 36.8 Å². The second kappa shape index (κ2) is 4.23. The summed E-state index contributed by atoms with van der Waals surface area (Å²) in [6.45, 7) is 2.03. The zero-order valence-corrected chi connectivity index (χ0v) is 7.54. The van der Waals surface area contributed by atoms with Crippen LogP contribution in [-0.4, -0.2) is 36.1 Å². The van der Waals surface area contributed by atoms with Crippen LogP contribution in [0.1, 0.15) is 13.3 Å². The zero-order chi connectivity index (χ0) is 9.84. The van der Waals surface area contributed by atoms with Crippen molar-refractivity contribution in [2.24, 2.45) is 5.92 Å². The van der Waals surface area contributed by atoms with Crippen molar-refractivity contribution in [1.29, 1.82) is 0 Å². The van der Waals surface area contributed by atoms with Crippen LogP contribution in [-0.2, 0) is 9.59 Å². The van der Waals surface area contributed by atoms with Crippen molar-refractivity contribution in [3.05, 3.63) is 0 Å². The fourth-order valence-corrected chi connectivity index (χ4v) is 1.20. The lowest BCUT2D eigenvalue weighted by atomic mass is 10.1. The molecule has 0 aromatic carbocycles. The number of carbonyl (C=O) groups excluding carboxylic acids is 2. The van der Waals surface area contributed by atoms with E-state index >= 15 is 0 Å². The predicted molar refractivity (Wildman–Crippen MR) is 45.8 cm³/mol. The van der Waals surface area contributed by atoms with Crippen molar-refractivity contribution in [2.75, 3.05) is 13.2 Å². The molecule has 0 aromatic heterocycles. The Hall–Kier alpha value is -1.10. The van der Waals surface area contributed by atoms with Crippen LogP contribution in [0, 0.1) is 5.92 Å².